The van der Waals surface area contributed by atoms with Gasteiger partial charge in [0.2, 0.25) is 5.91 Å². The van der Waals surface area contributed by atoms with Crippen LogP contribution in [0.2, 0.25) is 0 Å². The molecule has 6 heteroatoms. The molecule has 0 aromatic heterocycles. The maximum atomic E-state index is 12.3. The first-order valence-corrected chi connectivity index (χ1v) is 7.40. The second kappa shape index (κ2) is 5.44. The zero-order valence-electron chi connectivity index (χ0n) is 9.87. The van der Waals surface area contributed by atoms with Gasteiger partial charge in [0.15, 0.2) is 0 Å². The number of nitrogens with two attached hydrogens (primary N) is 1. The number of anilines is 1. The van der Waals surface area contributed by atoms with Crippen molar-refractivity contribution in [1.82, 2.24) is 0 Å². The van der Waals surface area contributed by atoms with Gasteiger partial charge in [-0.1, -0.05) is 0 Å². The van der Waals surface area contributed by atoms with Crippen LogP contribution < -0.4 is 11.1 Å². The molecular weight excluding hydrogens is 411 g/mol. The summed E-state index contributed by atoms with van der Waals surface area (Å²) in [5.41, 5.74) is 6.03. The molecule has 0 radical (unpaired) electrons. The van der Waals surface area contributed by atoms with Crippen molar-refractivity contribution in [1.29, 1.82) is 0 Å². The molecular formula is C12H14BrIN2O2. The van der Waals surface area contributed by atoms with E-state index in [0.717, 1.165) is 13.7 Å². The fourth-order valence-corrected chi connectivity index (χ4v) is 2.62. The number of rotatable bonds is 2. The Bertz CT molecular complexity index is 483. The Labute approximate surface area is 128 Å². The van der Waals surface area contributed by atoms with Crippen LogP contribution in [0.15, 0.2) is 22.7 Å². The molecule has 98 valence electrons. The lowest BCUT2D eigenvalue weighted by Crippen LogP contribution is -2.47. The summed E-state index contributed by atoms with van der Waals surface area (Å²) in [6.07, 6.45) is 0. The minimum Gasteiger partial charge on any atom is -0.379 e. The maximum absolute atomic E-state index is 12.3. The Kier molecular flexibility index (Phi) is 4.30. The van der Waals surface area contributed by atoms with E-state index in [1.807, 2.05) is 25.1 Å². The average molecular weight is 425 g/mol. The summed E-state index contributed by atoms with van der Waals surface area (Å²) >= 11 is 5.62. The Morgan fingerprint density at radius 1 is 1.67 bits per heavy atom. The third-order valence-corrected chi connectivity index (χ3v) is 4.58. The van der Waals surface area contributed by atoms with Crippen molar-refractivity contribution in [2.24, 2.45) is 11.1 Å². The van der Waals surface area contributed by atoms with E-state index in [4.69, 9.17) is 10.5 Å². The van der Waals surface area contributed by atoms with Gasteiger partial charge in [0.1, 0.15) is 0 Å². The first kappa shape index (κ1) is 14.2. The van der Waals surface area contributed by atoms with E-state index < -0.39 is 5.41 Å². The molecule has 1 aliphatic rings. The van der Waals surface area contributed by atoms with Crippen LogP contribution in [0, 0.1) is 8.99 Å². The number of halogens is 2. The number of carbonyl (C=O) groups is 1. The largest absolute Gasteiger partial charge is 0.379 e. The van der Waals surface area contributed by atoms with Gasteiger partial charge in [0.05, 0.1) is 24.3 Å². The average Bonchev–Trinajstić information content (AvgIpc) is 2.66. The van der Waals surface area contributed by atoms with Crippen molar-refractivity contribution in [3.8, 4) is 0 Å². The van der Waals surface area contributed by atoms with Crippen LogP contribution in [0.5, 0.6) is 0 Å². The molecule has 2 rings (SSSR count). The van der Waals surface area contributed by atoms with Gasteiger partial charge in [-0.3, -0.25) is 4.79 Å². The van der Waals surface area contributed by atoms with Crippen LogP contribution >= 0.6 is 38.5 Å². The molecule has 0 spiro atoms. The lowest BCUT2D eigenvalue weighted by atomic mass is 9.85. The van der Waals surface area contributed by atoms with Crippen LogP contribution in [0.3, 0.4) is 0 Å². The number of benzene rings is 1. The summed E-state index contributed by atoms with van der Waals surface area (Å²) < 4.78 is 7.20. The molecule has 0 bridgehead atoms. The zero-order chi connectivity index (χ0) is 13.3. The van der Waals surface area contributed by atoms with E-state index in [0.29, 0.717) is 13.2 Å². The Morgan fingerprint density at radius 3 is 3.00 bits per heavy atom. The quantitative estimate of drug-likeness (QED) is 0.716. The Hall–Kier alpha value is -0.180. The molecule has 0 aliphatic carbocycles. The minimum atomic E-state index is -0.666. The SMILES string of the molecule is CC1(C(=O)Nc2cc(I)ccc2Br)COCC1N. The van der Waals surface area contributed by atoms with Crippen molar-refractivity contribution < 1.29 is 9.53 Å². The molecule has 3 N–H and O–H groups in total. The number of amides is 1. The van der Waals surface area contributed by atoms with Crippen molar-refractivity contribution in [2.45, 2.75) is 13.0 Å². The third-order valence-electron chi connectivity index (χ3n) is 3.21. The zero-order valence-corrected chi connectivity index (χ0v) is 13.6. The molecule has 2 atom stereocenters. The molecule has 1 amide bonds. The number of hydrogen-bond acceptors (Lipinski definition) is 3. The van der Waals surface area contributed by atoms with Crippen LogP contribution in [0.25, 0.3) is 0 Å². The van der Waals surface area contributed by atoms with E-state index in [1.54, 1.807) is 0 Å². The van der Waals surface area contributed by atoms with Gasteiger partial charge in [0, 0.05) is 14.1 Å². The summed E-state index contributed by atoms with van der Waals surface area (Å²) in [7, 11) is 0. The second-order valence-electron chi connectivity index (χ2n) is 4.62. The highest BCUT2D eigenvalue weighted by molar-refractivity contribution is 14.1. The van der Waals surface area contributed by atoms with Gasteiger partial charge < -0.3 is 15.8 Å². The molecule has 1 fully saturated rings. The number of ether oxygens (including phenoxy) is 1. The summed E-state index contributed by atoms with van der Waals surface area (Å²) in [4.78, 5) is 12.3. The fraction of sp³-hybridized carbons (Fsp3) is 0.417. The van der Waals surface area contributed by atoms with Gasteiger partial charge in [-0.05, 0) is 63.6 Å². The van der Waals surface area contributed by atoms with Gasteiger partial charge in [-0.25, -0.2) is 0 Å². The first-order chi connectivity index (χ1) is 8.43. The molecule has 0 saturated carbocycles. The maximum Gasteiger partial charge on any atom is 0.234 e. The van der Waals surface area contributed by atoms with Crippen LogP contribution in [0.4, 0.5) is 5.69 Å². The van der Waals surface area contributed by atoms with E-state index in [1.165, 1.54) is 0 Å². The molecule has 2 unspecified atom stereocenters. The fourth-order valence-electron chi connectivity index (χ4n) is 1.78. The van der Waals surface area contributed by atoms with Gasteiger partial charge in [0.25, 0.3) is 0 Å². The van der Waals surface area contributed by atoms with Gasteiger partial charge >= 0.3 is 0 Å². The highest BCUT2D eigenvalue weighted by Gasteiger charge is 2.44. The lowest BCUT2D eigenvalue weighted by Gasteiger charge is -2.25. The monoisotopic (exact) mass is 424 g/mol. The molecule has 1 heterocycles. The van der Waals surface area contributed by atoms with Crippen molar-refractivity contribution in [3.05, 3.63) is 26.2 Å². The molecule has 18 heavy (non-hydrogen) atoms. The van der Waals surface area contributed by atoms with Gasteiger partial charge in [-0.2, -0.15) is 0 Å². The molecule has 1 saturated heterocycles. The lowest BCUT2D eigenvalue weighted by molar-refractivity contribution is -0.125. The number of carbonyl (C=O) groups excluding carboxylic acids is 1. The topological polar surface area (TPSA) is 64.3 Å². The van der Waals surface area contributed by atoms with Crippen LogP contribution in [-0.2, 0) is 9.53 Å². The van der Waals surface area contributed by atoms with E-state index >= 15 is 0 Å². The van der Waals surface area contributed by atoms with E-state index in [9.17, 15) is 4.79 Å². The summed E-state index contributed by atoms with van der Waals surface area (Å²) in [5, 5.41) is 2.91. The van der Waals surface area contributed by atoms with Gasteiger partial charge in [-0.15, -0.1) is 0 Å². The second-order valence-corrected chi connectivity index (χ2v) is 6.72. The molecule has 1 aromatic rings. The number of nitrogens with one attached hydrogen (secondary N) is 1. The molecule has 4 nitrogen and oxygen atoms in total. The molecule has 1 aromatic carbocycles. The Morgan fingerprint density at radius 2 is 2.39 bits per heavy atom. The molecule has 1 aliphatic heterocycles. The van der Waals surface area contributed by atoms with Crippen molar-refractivity contribution in [2.75, 3.05) is 18.5 Å². The number of hydrogen-bond donors (Lipinski definition) is 2. The van der Waals surface area contributed by atoms with E-state index in [-0.39, 0.29) is 11.9 Å². The predicted octanol–water partition coefficient (Wildman–Crippen LogP) is 2.36. The van der Waals surface area contributed by atoms with Crippen LogP contribution in [-0.4, -0.2) is 25.2 Å². The normalized spacial score (nSPS) is 27.2. The Balaban J connectivity index is 2.19. The summed E-state index contributed by atoms with van der Waals surface area (Å²) in [6, 6.07) is 5.52. The summed E-state index contributed by atoms with van der Waals surface area (Å²) in [6.45, 7) is 2.63. The van der Waals surface area contributed by atoms with Crippen LogP contribution in [0.1, 0.15) is 6.92 Å². The standard InChI is InChI=1S/C12H14BrIN2O2/c1-12(6-18-5-10(12)15)11(17)16-9-4-7(14)2-3-8(9)13/h2-4,10H,5-6,15H2,1H3,(H,16,17). The first-order valence-electron chi connectivity index (χ1n) is 5.53. The summed E-state index contributed by atoms with van der Waals surface area (Å²) in [5.74, 6) is -0.102. The smallest absolute Gasteiger partial charge is 0.234 e. The highest BCUT2D eigenvalue weighted by atomic mass is 127. The highest BCUT2D eigenvalue weighted by Crippen LogP contribution is 2.31. The van der Waals surface area contributed by atoms with Crippen molar-refractivity contribution in [3.63, 3.8) is 0 Å². The predicted molar refractivity (Wildman–Crippen MR) is 82.4 cm³/mol. The van der Waals surface area contributed by atoms with E-state index in [2.05, 4.69) is 43.8 Å². The van der Waals surface area contributed by atoms with Crippen molar-refractivity contribution >= 4 is 50.1 Å². The minimum absolute atomic E-state index is 0.102. The third kappa shape index (κ3) is 2.71.